The van der Waals surface area contributed by atoms with Gasteiger partial charge >= 0.3 is 5.97 Å². The summed E-state index contributed by atoms with van der Waals surface area (Å²) in [6.07, 6.45) is 1.64. The van der Waals surface area contributed by atoms with Crippen LogP contribution in [0.2, 0.25) is 0 Å². The fourth-order valence-corrected chi connectivity index (χ4v) is 2.40. The Morgan fingerprint density at radius 3 is 2.95 bits per heavy atom. The van der Waals surface area contributed by atoms with Crippen LogP contribution < -0.4 is 0 Å². The molecule has 0 fully saturated rings. The predicted octanol–water partition coefficient (Wildman–Crippen LogP) is 2.00. The van der Waals surface area contributed by atoms with E-state index in [1.807, 2.05) is 13.8 Å². The number of fused-ring (bicyclic) bond motifs is 1. The highest BCUT2D eigenvalue weighted by Gasteiger charge is 2.31. The van der Waals surface area contributed by atoms with E-state index in [9.17, 15) is 9.59 Å². The second-order valence-electron chi connectivity index (χ2n) is 4.87. The zero-order chi connectivity index (χ0) is 14.0. The second kappa shape index (κ2) is 5.69. The molecule has 0 radical (unpaired) electrons. The topological polar surface area (TPSA) is 59.5 Å². The molecular formula is C13H15BrN2O3. The third kappa shape index (κ3) is 3.12. The number of amides is 1. The highest BCUT2D eigenvalue weighted by molar-refractivity contribution is 9.10. The first-order valence-electron chi connectivity index (χ1n) is 6.07. The Labute approximate surface area is 120 Å². The molecule has 1 aliphatic rings. The third-order valence-corrected chi connectivity index (χ3v) is 3.35. The van der Waals surface area contributed by atoms with E-state index in [0.29, 0.717) is 23.3 Å². The Bertz CT molecular complexity index is 517. The number of halogens is 1. The van der Waals surface area contributed by atoms with E-state index in [1.165, 1.54) is 4.90 Å². The molecule has 0 unspecified atom stereocenters. The number of carbonyl (C=O) groups is 2. The summed E-state index contributed by atoms with van der Waals surface area (Å²) < 4.78 is 5.60. The molecule has 6 heteroatoms. The first-order chi connectivity index (χ1) is 8.99. The van der Waals surface area contributed by atoms with Crippen molar-refractivity contribution in [3.05, 3.63) is 28.0 Å². The molecule has 19 heavy (non-hydrogen) atoms. The van der Waals surface area contributed by atoms with Crippen molar-refractivity contribution in [3.8, 4) is 0 Å². The standard InChI is InChI=1S/C13H15BrN2O3/c1-8(2)7-19-10(17)6-16-5-9-3-4-15-12(14)11(9)13(16)18/h3-4,8H,5-7H2,1-2H3. The van der Waals surface area contributed by atoms with Gasteiger partial charge in [0.25, 0.3) is 5.91 Å². The molecule has 1 amide bonds. The zero-order valence-corrected chi connectivity index (χ0v) is 12.4. The maximum atomic E-state index is 12.1. The van der Waals surface area contributed by atoms with Crippen LogP contribution in [0.25, 0.3) is 0 Å². The maximum absolute atomic E-state index is 12.1. The fraction of sp³-hybridized carbons (Fsp3) is 0.462. The van der Waals surface area contributed by atoms with E-state index < -0.39 is 0 Å². The van der Waals surface area contributed by atoms with Gasteiger partial charge in [-0.2, -0.15) is 0 Å². The van der Waals surface area contributed by atoms with Crippen LogP contribution in [-0.2, 0) is 16.1 Å². The van der Waals surface area contributed by atoms with Gasteiger partial charge in [0.1, 0.15) is 11.1 Å². The van der Waals surface area contributed by atoms with E-state index in [1.54, 1.807) is 12.3 Å². The number of pyridine rings is 1. The summed E-state index contributed by atoms with van der Waals surface area (Å²) in [6, 6.07) is 1.79. The number of hydrogen-bond donors (Lipinski definition) is 0. The van der Waals surface area contributed by atoms with Crippen LogP contribution in [0.4, 0.5) is 0 Å². The van der Waals surface area contributed by atoms with Crippen molar-refractivity contribution in [1.29, 1.82) is 0 Å². The molecule has 1 aromatic rings. The van der Waals surface area contributed by atoms with Gasteiger partial charge in [-0.05, 0) is 33.5 Å². The highest BCUT2D eigenvalue weighted by Crippen LogP contribution is 2.27. The molecule has 102 valence electrons. The Morgan fingerprint density at radius 2 is 2.32 bits per heavy atom. The number of esters is 1. The number of aromatic nitrogens is 1. The molecule has 0 atom stereocenters. The molecule has 0 bridgehead atoms. The first-order valence-corrected chi connectivity index (χ1v) is 6.86. The monoisotopic (exact) mass is 326 g/mol. The van der Waals surface area contributed by atoms with Gasteiger partial charge in [-0.25, -0.2) is 4.98 Å². The van der Waals surface area contributed by atoms with Crippen molar-refractivity contribution in [3.63, 3.8) is 0 Å². The van der Waals surface area contributed by atoms with Gasteiger partial charge in [0.05, 0.1) is 12.2 Å². The van der Waals surface area contributed by atoms with Crippen LogP contribution in [0.3, 0.4) is 0 Å². The first kappa shape index (κ1) is 14.0. The molecule has 0 aromatic carbocycles. The van der Waals surface area contributed by atoms with Crippen LogP contribution in [0.5, 0.6) is 0 Å². The highest BCUT2D eigenvalue weighted by atomic mass is 79.9. The molecule has 2 rings (SSSR count). The Balaban J connectivity index is 2.01. The second-order valence-corrected chi connectivity index (χ2v) is 5.63. The maximum Gasteiger partial charge on any atom is 0.325 e. The van der Waals surface area contributed by atoms with Crippen LogP contribution in [0.1, 0.15) is 29.8 Å². The summed E-state index contributed by atoms with van der Waals surface area (Å²) in [5.74, 6) is -0.274. The number of hydrogen-bond acceptors (Lipinski definition) is 4. The number of nitrogens with zero attached hydrogens (tertiary/aromatic N) is 2. The van der Waals surface area contributed by atoms with Crippen LogP contribution in [-0.4, -0.2) is 34.9 Å². The van der Waals surface area contributed by atoms with Crippen LogP contribution >= 0.6 is 15.9 Å². The van der Waals surface area contributed by atoms with Crippen molar-refractivity contribution in [2.24, 2.45) is 5.92 Å². The SMILES string of the molecule is CC(C)COC(=O)CN1Cc2ccnc(Br)c2C1=O. The molecule has 0 saturated heterocycles. The van der Waals surface area contributed by atoms with Gasteiger partial charge in [-0.3, -0.25) is 9.59 Å². The number of ether oxygens (including phenoxy) is 1. The average Bonchev–Trinajstić information content (AvgIpc) is 2.65. The minimum absolute atomic E-state index is 0.0212. The van der Waals surface area contributed by atoms with E-state index in [2.05, 4.69) is 20.9 Å². The van der Waals surface area contributed by atoms with Gasteiger partial charge in [-0.1, -0.05) is 13.8 Å². The molecule has 0 N–H and O–H groups in total. The fourth-order valence-electron chi connectivity index (χ4n) is 1.85. The van der Waals surface area contributed by atoms with Gasteiger partial charge in [0.2, 0.25) is 0 Å². The van der Waals surface area contributed by atoms with Crippen LogP contribution in [0, 0.1) is 5.92 Å². The van der Waals surface area contributed by atoms with Gasteiger partial charge in [0.15, 0.2) is 0 Å². The molecule has 0 aliphatic carbocycles. The van der Waals surface area contributed by atoms with Gasteiger partial charge in [-0.15, -0.1) is 0 Å². The average molecular weight is 327 g/mol. The summed E-state index contributed by atoms with van der Waals surface area (Å²) >= 11 is 3.26. The largest absolute Gasteiger partial charge is 0.464 e. The van der Waals surface area contributed by atoms with Crippen molar-refractivity contribution >= 4 is 27.8 Å². The number of rotatable bonds is 4. The molecule has 5 nitrogen and oxygen atoms in total. The van der Waals surface area contributed by atoms with Crippen molar-refractivity contribution in [1.82, 2.24) is 9.88 Å². The van der Waals surface area contributed by atoms with Crippen LogP contribution in [0.15, 0.2) is 16.9 Å². The molecule has 2 heterocycles. The van der Waals surface area contributed by atoms with Gasteiger partial charge in [0, 0.05) is 12.7 Å². The molecule has 0 saturated carbocycles. The molecule has 1 aromatic heterocycles. The zero-order valence-electron chi connectivity index (χ0n) is 10.9. The summed E-state index contributed by atoms with van der Waals surface area (Å²) in [7, 11) is 0. The third-order valence-electron chi connectivity index (χ3n) is 2.75. The van der Waals surface area contributed by atoms with Crippen molar-refractivity contribution in [2.45, 2.75) is 20.4 Å². The summed E-state index contributed by atoms with van der Waals surface area (Å²) in [6.45, 7) is 4.71. The lowest BCUT2D eigenvalue weighted by atomic mass is 10.2. The quantitative estimate of drug-likeness (QED) is 0.627. The van der Waals surface area contributed by atoms with E-state index >= 15 is 0 Å². The summed E-state index contributed by atoms with van der Waals surface area (Å²) in [4.78, 5) is 29.3. The lowest BCUT2D eigenvalue weighted by molar-refractivity contribution is -0.145. The summed E-state index contributed by atoms with van der Waals surface area (Å²) in [5, 5.41) is 0. The lowest BCUT2D eigenvalue weighted by Crippen LogP contribution is -2.31. The predicted molar refractivity (Wildman–Crippen MR) is 72.5 cm³/mol. The lowest BCUT2D eigenvalue weighted by Gasteiger charge is -2.15. The Morgan fingerprint density at radius 1 is 1.58 bits per heavy atom. The normalized spacial score (nSPS) is 13.9. The van der Waals surface area contributed by atoms with Crippen molar-refractivity contribution in [2.75, 3.05) is 13.2 Å². The molecular weight excluding hydrogens is 312 g/mol. The summed E-state index contributed by atoms with van der Waals surface area (Å²) in [5.41, 5.74) is 1.42. The van der Waals surface area contributed by atoms with E-state index in [0.717, 1.165) is 5.56 Å². The van der Waals surface area contributed by atoms with Gasteiger partial charge < -0.3 is 9.64 Å². The number of carbonyl (C=O) groups excluding carboxylic acids is 2. The smallest absolute Gasteiger partial charge is 0.325 e. The minimum Gasteiger partial charge on any atom is -0.464 e. The molecule has 1 aliphatic heterocycles. The van der Waals surface area contributed by atoms with E-state index in [4.69, 9.17) is 4.74 Å². The minimum atomic E-state index is -0.376. The Hall–Kier alpha value is -1.43. The Kier molecular flexibility index (Phi) is 4.19. The molecule has 0 spiro atoms. The van der Waals surface area contributed by atoms with E-state index in [-0.39, 0.29) is 24.3 Å². The van der Waals surface area contributed by atoms with Crippen molar-refractivity contribution < 1.29 is 14.3 Å².